The highest BCUT2D eigenvalue weighted by Crippen LogP contribution is 2.30. The van der Waals surface area contributed by atoms with Crippen LogP contribution in [0.4, 0.5) is 13.2 Å². The Kier molecular flexibility index (Phi) is 6.06. The van der Waals surface area contributed by atoms with E-state index < -0.39 is 17.4 Å². The predicted molar refractivity (Wildman–Crippen MR) is 111 cm³/mol. The molecule has 3 aromatic rings. The second-order valence-corrected chi connectivity index (χ2v) is 7.65. The lowest BCUT2D eigenvalue weighted by atomic mass is 9.97. The second kappa shape index (κ2) is 8.41. The molecule has 0 radical (unpaired) electrons. The molecule has 2 N–H and O–H groups in total. The number of carbonyl (C=O) groups excluding carboxylic acids is 1. The number of aromatic nitrogens is 3. The number of rotatable bonds is 5. The third-order valence-electron chi connectivity index (χ3n) is 5.06. The van der Waals surface area contributed by atoms with Gasteiger partial charge in [-0.3, -0.25) is 9.78 Å². The number of benzene rings is 2. The van der Waals surface area contributed by atoms with Gasteiger partial charge in [-0.15, -0.1) is 5.10 Å². The van der Waals surface area contributed by atoms with Crippen LogP contribution in [0.2, 0.25) is 0 Å². The molecule has 0 aliphatic rings. The van der Waals surface area contributed by atoms with Crippen molar-refractivity contribution in [2.75, 3.05) is 0 Å². The highest BCUT2D eigenvalue weighted by atomic mass is 19.4. The number of nitrogens with one attached hydrogen (secondary N) is 2. The summed E-state index contributed by atoms with van der Waals surface area (Å²) in [6.07, 6.45) is -4.46. The fraction of sp³-hybridized carbons (Fsp3) is 0.318. The highest BCUT2D eigenvalue weighted by Gasteiger charge is 2.30. The van der Waals surface area contributed by atoms with Crippen molar-refractivity contribution in [1.82, 2.24) is 20.1 Å². The van der Waals surface area contributed by atoms with E-state index in [2.05, 4.69) is 15.4 Å². The van der Waals surface area contributed by atoms with E-state index in [1.54, 1.807) is 13.8 Å². The Balaban J connectivity index is 1.96. The van der Waals surface area contributed by atoms with Gasteiger partial charge in [0.2, 0.25) is 5.91 Å². The second-order valence-electron chi connectivity index (χ2n) is 7.65. The van der Waals surface area contributed by atoms with Crippen molar-refractivity contribution in [2.45, 2.75) is 40.4 Å². The van der Waals surface area contributed by atoms with Gasteiger partial charge in [-0.05, 0) is 54.8 Å². The number of alkyl halides is 3. The Morgan fingerprint density at radius 1 is 1.13 bits per heavy atom. The van der Waals surface area contributed by atoms with Gasteiger partial charge in [0.25, 0.3) is 0 Å². The third-order valence-corrected chi connectivity index (χ3v) is 5.06. The molecule has 31 heavy (non-hydrogen) atoms. The molecule has 0 spiro atoms. The smallest absolute Gasteiger partial charge is 0.352 e. The topological polar surface area (TPSA) is 79.8 Å². The van der Waals surface area contributed by atoms with Crippen LogP contribution in [0.5, 0.6) is 0 Å². The Hall–Kier alpha value is -3.36. The van der Waals surface area contributed by atoms with E-state index in [1.165, 1.54) is 12.1 Å². The lowest BCUT2D eigenvalue weighted by Gasteiger charge is -2.14. The highest BCUT2D eigenvalue weighted by molar-refractivity contribution is 5.78. The van der Waals surface area contributed by atoms with Gasteiger partial charge in [-0.1, -0.05) is 26.0 Å². The van der Waals surface area contributed by atoms with Crippen LogP contribution in [-0.4, -0.2) is 20.7 Å². The molecule has 0 aliphatic heterocycles. The largest absolute Gasteiger partial charge is 0.416 e. The summed E-state index contributed by atoms with van der Waals surface area (Å²) in [5.41, 5.74) is 2.15. The molecule has 0 saturated carbocycles. The minimum absolute atomic E-state index is 0.0680. The van der Waals surface area contributed by atoms with Crippen molar-refractivity contribution in [3.63, 3.8) is 0 Å². The van der Waals surface area contributed by atoms with Crippen molar-refractivity contribution in [3.05, 3.63) is 69.1 Å². The number of amides is 1. The van der Waals surface area contributed by atoms with Gasteiger partial charge in [0.1, 0.15) is 0 Å². The van der Waals surface area contributed by atoms with Crippen LogP contribution in [-0.2, 0) is 17.5 Å². The van der Waals surface area contributed by atoms with E-state index in [4.69, 9.17) is 0 Å². The maximum atomic E-state index is 12.8. The van der Waals surface area contributed by atoms with E-state index in [9.17, 15) is 22.8 Å². The van der Waals surface area contributed by atoms with Gasteiger partial charge < -0.3 is 5.32 Å². The molecule has 164 valence electrons. The first-order valence-electron chi connectivity index (χ1n) is 9.73. The summed E-state index contributed by atoms with van der Waals surface area (Å²) in [7, 11) is 0. The van der Waals surface area contributed by atoms with Crippen LogP contribution >= 0.6 is 0 Å². The van der Waals surface area contributed by atoms with Crippen LogP contribution < -0.4 is 11.0 Å². The molecule has 0 aliphatic carbocycles. The zero-order valence-corrected chi connectivity index (χ0v) is 17.6. The van der Waals surface area contributed by atoms with Gasteiger partial charge in [0.15, 0.2) is 5.82 Å². The molecule has 1 aromatic heterocycles. The van der Waals surface area contributed by atoms with Crippen molar-refractivity contribution < 1.29 is 18.0 Å². The number of aromatic amines is 1. The lowest BCUT2D eigenvalue weighted by Crippen LogP contribution is -2.27. The molecule has 0 atom stereocenters. The zero-order valence-electron chi connectivity index (χ0n) is 17.6. The number of hydrogen-bond donors (Lipinski definition) is 2. The molecule has 2 aromatic carbocycles. The molecule has 9 heteroatoms. The van der Waals surface area contributed by atoms with Crippen molar-refractivity contribution >= 4 is 5.91 Å². The quantitative estimate of drug-likeness (QED) is 0.636. The SMILES string of the molecule is Cc1ccc(CNC(=O)C(C)C)c(C)c1-c1nn(-c2ccc(C(F)(F)F)cc2)c(=O)[nH]1. The first kappa shape index (κ1) is 22.3. The molecule has 6 nitrogen and oxygen atoms in total. The van der Waals surface area contributed by atoms with E-state index in [0.717, 1.165) is 33.5 Å². The van der Waals surface area contributed by atoms with E-state index in [1.807, 2.05) is 26.0 Å². The molecule has 0 bridgehead atoms. The van der Waals surface area contributed by atoms with Crippen molar-refractivity contribution in [2.24, 2.45) is 5.92 Å². The molecule has 3 rings (SSSR count). The number of hydrogen-bond acceptors (Lipinski definition) is 3. The number of H-pyrrole nitrogens is 1. The van der Waals surface area contributed by atoms with Crippen LogP contribution in [0.15, 0.2) is 41.2 Å². The predicted octanol–water partition coefficient (Wildman–Crippen LogP) is 4.14. The monoisotopic (exact) mass is 432 g/mol. The third kappa shape index (κ3) is 4.70. The van der Waals surface area contributed by atoms with Crippen LogP contribution in [0.25, 0.3) is 17.1 Å². The van der Waals surface area contributed by atoms with Crippen molar-refractivity contribution in [3.8, 4) is 17.1 Å². The van der Waals surface area contributed by atoms with Crippen LogP contribution in [0, 0.1) is 19.8 Å². The number of aryl methyl sites for hydroxylation is 1. The fourth-order valence-electron chi connectivity index (χ4n) is 3.24. The average Bonchev–Trinajstić information content (AvgIpc) is 3.07. The van der Waals surface area contributed by atoms with Crippen LogP contribution in [0.3, 0.4) is 0 Å². The average molecular weight is 432 g/mol. The number of halogens is 3. The van der Waals surface area contributed by atoms with Crippen LogP contribution in [0.1, 0.15) is 36.1 Å². The summed E-state index contributed by atoms with van der Waals surface area (Å²) in [6, 6.07) is 7.99. The van der Waals surface area contributed by atoms with Gasteiger partial charge in [0, 0.05) is 18.0 Å². The maximum absolute atomic E-state index is 12.8. The Bertz CT molecular complexity index is 1160. The van der Waals surface area contributed by atoms with Crippen molar-refractivity contribution in [1.29, 1.82) is 0 Å². The van der Waals surface area contributed by atoms with E-state index in [-0.39, 0.29) is 17.5 Å². The molecule has 0 fully saturated rings. The Morgan fingerprint density at radius 2 is 1.77 bits per heavy atom. The fourth-order valence-corrected chi connectivity index (χ4v) is 3.24. The first-order valence-corrected chi connectivity index (χ1v) is 9.73. The van der Waals surface area contributed by atoms with E-state index in [0.29, 0.717) is 17.9 Å². The summed E-state index contributed by atoms with van der Waals surface area (Å²) in [6.45, 7) is 7.69. The normalized spacial score (nSPS) is 11.7. The molecule has 0 saturated heterocycles. The summed E-state index contributed by atoms with van der Waals surface area (Å²) in [5.74, 6) is 0.0967. The minimum atomic E-state index is -4.46. The van der Waals surface area contributed by atoms with Gasteiger partial charge in [-0.25, -0.2) is 4.79 Å². The Morgan fingerprint density at radius 3 is 2.35 bits per heavy atom. The van der Waals surface area contributed by atoms with Gasteiger partial charge in [-0.2, -0.15) is 17.9 Å². The minimum Gasteiger partial charge on any atom is -0.352 e. The summed E-state index contributed by atoms with van der Waals surface area (Å²) >= 11 is 0. The zero-order chi connectivity index (χ0) is 22.9. The maximum Gasteiger partial charge on any atom is 0.416 e. The standard InChI is InChI=1S/C22H23F3N4O2/c1-12(2)20(30)26-11-15-6-5-13(3)18(14(15)4)19-27-21(31)29(28-19)17-9-7-16(8-10-17)22(23,24)25/h5-10,12H,11H2,1-4H3,(H,26,30)(H,27,28,31). The summed E-state index contributed by atoms with van der Waals surface area (Å²) < 4.78 is 39.4. The van der Waals surface area contributed by atoms with Gasteiger partial charge >= 0.3 is 11.9 Å². The molecular weight excluding hydrogens is 409 g/mol. The summed E-state index contributed by atoms with van der Waals surface area (Å²) in [5, 5.41) is 7.18. The molecule has 1 amide bonds. The molecular formula is C22H23F3N4O2. The lowest BCUT2D eigenvalue weighted by molar-refractivity contribution is -0.137. The number of carbonyl (C=O) groups is 1. The summed E-state index contributed by atoms with van der Waals surface area (Å²) in [4.78, 5) is 27.0. The number of nitrogens with zero attached hydrogens (tertiary/aromatic N) is 2. The van der Waals surface area contributed by atoms with Gasteiger partial charge in [0.05, 0.1) is 11.3 Å². The Labute approximate surface area is 177 Å². The molecule has 0 unspecified atom stereocenters. The van der Waals surface area contributed by atoms with E-state index >= 15 is 0 Å². The molecule has 1 heterocycles. The first-order chi connectivity index (χ1) is 14.5.